The second-order valence-corrected chi connectivity index (χ2v) is 7.38. The molecule has 0 amide bonds. The first-order chi connectivity index (χ1) is 9.83. The number of aryl methyl sites for hydroxylation is 2. The van der Waals surface area contributed by atoms with Crippen molar-refractivity contribution in [3.8, 4) is 0 Å². The summed E-state index contributed by atoms with van der Waals surface area (Å²) < 4.78 is 28.3. The molecule has 0 spiro atoms. The van der Waals surface area contributed by atoms with E-state index in [4.69, 9.17) is 5.73 Å². The van der Waals surface area contributed by atoms with E-state index in [1.165, 1.54) is 6.07 Å². The lowest BCUT2D eigenvalue weighted by atomic mass is 10.1. The maximum atomic E-state index is 12.4. The summed E-state index contributed by atoms with van der Waals surface area (Å²) in [5, 5.41) is 0. The minimum atomic E-state index is -3.64. The van der Waals surface area contributed by atoms with Gasteiger partial charge in [-0.15, -0.1) is 0 Å². The Morgan fingerprint density at radius 2 is 1.90 bits per heavy atom. The van der Waals surface area contributed by atoms with E-state index in [1.807, 2.05) is 19.9 Å². The third-order valence-electron chi connectivity index (χ3n) is 3.24. The second-order valence-electron chi connectivity index (χ2n) is 4.78. The summed E-state index contributed by atoms with van der Waals surface area (Å²) in [6, 6.07) is 10.2. The maximum absolute atomic E-state index is 12.4. The molecule has 0 heterocycles. The fourth-order valence-corrected chi connectivity index (χ4v) is 3.65. The van der Waals surface area contributed by atoms with Crippen molar-refractivity contribution in [1.82, 2.24) is 0 Å². The normalized spacial score (nSPS) is 11.4. The molecule has 0 aromatic heterocycles. The van der Waals surface area contributed by atoms with Crippen LogP contribution in [0.5, 0.6) is 0 Å². The van der Waals surface area contributed by atoms with E-state index in [2.05, 4.69) is 20.7 Å². The molecule has 2 rings (SSSR count). The van der Waals surface area contributed by atoms with Crippen molar-refractivity contribution < 1.29 is 8.42 Å². The number of rotatable bonds is 4. The van der Waals surface area contributed by atoms with Gasteiger partial charge < -0.3 is 5.73 Å². The number of halogens is 1. The lowest BCUT2D eigenvalue weighted by molar-refractivity contribution is 0.601. The van der Waals surface area contributed by atoms with Gasteiger partial charge in [0.1, 0.15) is 0 Å². The van der Waals surface area contributed by atoms with Gasteiger partial charge in [-0.05, 0) is 54.8 Å². The summed E-state index contributed by atoms with van der Waals surface area (Å²) in [6.07, 6.45) is 0.769. The van der Waals surface area contributed by atoms with E-state index in [-0.39, 0.29) is 4.90 Å². The standard InChI is InChI=1S/C15H17BrN2O2S/c1-3-11-4-6-13(9-14(11)17)21(19,20)18-15-7-5-12(16)8-10(15)2/h4-9,18H,3,17H2,1-2H3. The maximum Gasteiger partial charge on any atom is 0.261 e. The number of hydrogen-bond donors (Lipinski definition) is 2. The first-order valence-electron chi connectivity index (χ1n) is 6.51. The third kappa shape index (κ3) is 3.57. The van der Waals surface area contributed by atoms with Crippen LogP contribution >= 0.6 is 15.9 Å². The number of nitrogen functional groups attached to an aromatic ring is 1. The van der Waals surface area contributed by atoms with Gasteiger partial charge in [-0.25, -0.2) is 8.42 Å². The van der Waals surface area contributed by atoms with Gasteiger partial charge >= 0.3 is 0 Å². The molecule has 0 aliphatic rings. The molecule has 0 aliphatic heterocycles. The monoisotopic (exact) mass is 368 g/mol. The first-order valence-corrected chi connectivity index (χ1v) is 8.78. The molecule has 6 heteroatoms. The summed E-state index contributed by atoms with van der Waals surface area (Å²) in [5.41, 5.74) is 8.70. The molecule has 4 nitrogen and oxygen atoms in total. The van der Waals surface area contributed by atoms with Crippen LogP contribution in [0.1, 0.15) is 18.1 Å². The fraction of sp³-hybridized carbons (Fsp3) is 0.200. The predicted molar refractivity (Wildman–Crippen MR) is 89.9 cm³/mol. The zero-order valence-corrected chi connectivity index (χ0v) is 14.3. The van der Waals surface area contributed by atoms with E-state index in [0.29, 0.717) is 11.4 Å². The average molecular weight is 369 g/mol. The molecule has 2 aromatic rings. The van der Waals surface area contributed by atoms with Crippen molar-refractivity contribution in [3.63, 3.8) is 0 Å². The molecule has 0 bridgehead atoms. The highest BCUT2D eigenvalue weighted by Crippen LogP contribution is 2.24. The van der Waals surface area contributed by atoms with Crippen molar-refractivity contribution >= 4 is 37.3 Å². The summed E-state index contributed by atoms with van der Waals surface area (Å²) in [4.78, 5) is 0.166. The number of anilines is 2. The zero-order valence-electron chi connectivity index (χ0n) is 11.9. The van der Waals surface area contributed by atoms with Crippen LogP contribution in [0.25, 0.3) is 0 Å². The molecule has 0 aliphatic carbocycles. The Hall–Kier alpha value is -1.53. The second kappa shape index (κ2) is 6.07. The smallest absolute Gasteiger partial charge is 0.261 e. The van der Waals surface area contributed by atoms with E-state index in [1.54, 1.807) is 24.3 Å². The largest absolute Gasteiger partial charge is 0.398 e. The zero-order chi connectivity index (χ0) is 15.6. The molecule has 0 fully saturated rings. The Labute approximate surface area is 133 Å². The lowest BCUT2D eigenvalue weighted by Gasteiger charge is -2.12. The van der Waals surface area contributed by atoms with Crippen molar-refractivity contribution in [2.45, 2.75) is 25.2 Å². The van der Waals surface area contributed by atoms with Gasteiger partial charge in [0.25, 0.3) is 10.0 Å². The lowest BCUT2D eigenvalue weighted by Crippen LogP contribution is -2.14. The van der Waals surface area contributed by atoms with Crippen LogP contribution in [0, 0.1) is 6.92 Å². The Morgan fingerprint density at radius 3 is 2.48 bits per heavy atom. The number of sulfonamides is 1. The topological polar surface area (TPSA) is 72.2 Å². The predicted octanol–water partition coefficient (Wildman–Crippen LogP) is 3.70. The van der Waals surface area contributed by atoms with E-state index < -0.39 is 10.0 Å². The van der Waals surface area contributed by atoms with E-state index in [9.17, 15) is 8.42 Å². The fourth-order valence-electron chi connectivity index (χ4n) is 2.01. The Bertz CT molecular complexity index is 773. The number of nitrogens with one attached hydrogen (secondary N) is 1. The molecule has 0 saturated carbocycles. The summed E-state index contributed by atoms with van der Waals surface area (Å²) >= 11 is 3.35. The van der Waals surface area contributed by atoms with Crippen LogP contribution in [-0.2, 0) is 16.4 Å². The van der Waals surface area contributed by atoms with Crippen molar-refractivity contribution in [1.29, 1.82) is 0 Å². The molecule has 0 atom stereocenters. The highest BCUT2D eigenvalue weighted by molar-refractivity contribution is 9.10. The minimum absolute atomic E-state index is 0.166. The number of hydrogen-bond acceptors (Lipinski definition) is 3. The van der Waals surface area contributed by atoms with E-state index in [0.717, 1.165) is 22.0 Å². The molecule has 0 radical (unpaired) electrons. The molecule has 0 saturated heterocycles. The molecule has 2 aromatic carbocycles. The highest BCUT2D eigenvalue weighted by atomic mass is 79.9. The molecule has 3 N–H and O–H groups in total. The third-order valence-corrected chi connectivity index (χ3v) is 5.10. The first kappa shape index (κ1) is 15.9. The van der Waals surface area contributed by atoms with Gasteiger partial charge in [-0.1, -0.05) is 28.9 Å². The summed E-state index contributed by atoms with van der Waals surface area (Å²) in [6.45, 7) is 3.82. The average Bonchev–Trinajstić information content (AvgIpc) is 2.42. The molecular formula is C15H17BrN2O2S. The van der Waals surface area contributed by atoms with Crippen LogP contribution < -0.4 is 10.5 Å². The Morgan fingerprint density at radius 1 is 1.19 bits per heavy atom. The molecule has 0 unspecified atom stereocenters. The highest BCUT2D eigenvalue weighted by Gasteiger charge is 2.16. The van der Waals surface area contributed by atoms with Crippen LogP contribution in [0.4, 0.5) is 11.4 Å². The quantitative estimate of drug-likeness (QED) is 0.808. The SMILES string of the molecule is CCc1ccc(S(=O)(=O)Nc2ccc(Br)cc2C)cc1N. The van der Waals surface area contributed by atoms with Gasteiger partial charge in [0, 0.05) is 10.2 Å². The van der Waals surface area contributed by atoms with Gasteiger partial charge in [-0.3, -0.25) is 4.72 Å². The Balaban J connectivity index is 2.36. The molecule has 112 valence electrons. The van der Waals surface area contributed by atoms with Crippen LogP contribution in [0.15, 0.2) is 45.8 Å². The van der Waals surface area contributed by atoms with Gasteiger partial charge in [0.15, 0.2) is 0 Å². The number of benzene rings is 2. The minimum Gasteiger partial charge on any atom is -0.398 e. The van der Waals surface area contributed by atoms with Crippen molar-refractivity contribution in [2.75, 3.05) is 10.5 Å². The van der Waals surface area contributed by atoms with Gasteiger partial charge in [-0.2, -0.15) is 0 Å². The van der Waals surface area contributed by atoms with Crippen LogP contribution in [0.2, 0.25) is 0 Å². The van der Waals surface area contributed by atoms with Gasteiger partial charge in [0.2, 0.25) is 0 Å². The van der Waals surface area contributed by atoms with Crippen molar-refractivity contribution in [3.05, 3.63) is 52.0 Å². The van der Waals surface area contributed by atoms with Gasteiger partial charge in [0.05, 0.1) is 10.6 Å². The number of nitrogens with two attached hydrogens (primary N) is 1. The van der Waals surface area contributed by atoms with E-state index >= 15 is 0 Å². The molecular weight excluding hydrogens is 352 g/mol. The van der Waals surface area contributed by atoms with Crippen molar-refractivity contribution in [2.24, 2.45) is 0 Å². The van der Waals surface area contributed by atoms with Crippen LogP contribution in [-0.4, -0.2) is 8.42 Å². The molecule has 21 heavy (non-hydrogen) atoms. The summed E-state index contributed by atoms with van der Waals surface area (Å²) in [5.74, 6) is 0. The summed E-state index contributed by atoms with van der Waals surface area (Å²) in [7, 11) is -3.64. The Kier molecular flexibility index (Phi) is 4.58. The van der Waals surface area contributed by atoms with Crippen LogP contribution in [0.3, 0.4) is 0 Å².